The molecule has 0 aliphatic heterocycles. The molecule has 0 amide bonds. The minimum Gasteiger partial charge on any atom is -0.317 e. The topological polar surface area (TPSA) is 12.0 Å². The molecule has 1 unspecified atom stereocenters. The standard InChI is InChI=1S/C19H24ClN/c1-3-21-14-18(12-16-6-4-15(2)5-7-16)13-17-8-10-19(20)11-9-17/h4-11,18,21H,3,12-14H2,1-2H3. The highest BCUT2D eigenvalue weighted by Gasteiger charge is 2.10. The molecule has 0 saturated heterocycles. The molecule has 0 spiro atoms. The van der Waals surface area contributed by atoms with Crippen molar-refractivity contribution in [3.05, 3.63) is 70.2 Å². The molecule has 0 aliphatic carbocycles. The van der Waals surface area contributed by atoms with Gasteiger partial charge in [-0.2, -0.15) is 0 Å². The van der Waals surface area contributed by atoms with Crippen molar-refractivity contribution in [2.24, 2.45) is 5.92 Å². The van der Waals surface area contributed by atoms with Gasteiger partial charge in [0.15, 0.2) is 0 Å². The predicted octanol–water partition coefficient (Wildman–Crippen LogP) is 4.66. The third-order valence-electron chi connectivity index (χ3n) is 3.77. The predicted molar refractivity (Wildman–Crippen MR) is 92.1 cm³/mol. The van der Waals surface area contributed by atoms with Crippen LogP contribution in [0.1, 0.15) is 23.6 Å². The van der Waals surface area contributed by atoms with E-state index >= 15 is 0 Å². The summed E-state index contributed by atoms with van der Waals surface area (Å²) in [6.45, 7) is 6.36. The summed E-state index contributed by atoms with van der Waals surface area (Å²) in [7, 11) is 0. The lowest BCUT2D eigenvalue weighted by molar-refractivity contribution is 0.478. The van der Waals surface area contributed by atoms with Gasteiger partial charge in [-0.25, -0.2) is 0 Å². The van der Waals surface area contributed by atoms with E-state index in [0.717, 1.165) is 31.0 Å². The summed E-state index contributed by atoms with van der Waals surface area (Å²) in [5.41, 5.74) is 4.09. The van der Waals surface area contributed by atoms with Gasteiger partial charge in [-0.15, -0.1) is 0 Å². The van der Waals surface area contributed by atoms with Crippen molar-refractivity contribution in [3.8, 4) is 0 Å². The minimum atomic E-state index is 0.605. The Hall–Kier alpha value is -1.31. The lowest BCUT2D eigenvalue weighted by Gasteiger charge is -2.18. The average molecular weight is 302 g/mol. The van der Waals surface area contributed by atoms with E-state index in [9.17, 15) is 0 Å². The van der Waals surface area contributed by atoms with E-state index in [1.807, 2.05) is 12.1 Å². The molecule has 0 heterocycles. The summed E-state index contributed by atoms with van der Waals surface area (Å²) < 4.78 is 0. The first-order valence-electron chi connectivity index (χ1n) is 7.68. The molecule has 1 atom stereocenters. The summed E-state index contributed by atoms with van der Waals surface area (Å²) in [5, 5.41) is 4.29. The second-order valence-corrected chi connectivity index (χ2v) is 6.13. The highest BCUT2D eigenvalue weighted by atomic mass is 35.5. The van der Waals surface area contributed by atoms with Gasteiger partial charge >= 0.3 is 0 Å². The van der Waals surface area contributed by atoms with Gasteiger partial charge in [-0.1, -0.05) is 60.5 Å². The summed E-state index contributed by atoms with van der Waals surface area (Å²) >= 11 is 5.96. The molecule has 2 aromatic rings. The molecule has 2 aromatic carbocycles. The Balaban J connectivity index is 2.02. The zero-order valence-corrected chi connectivity index (χ0v) is 13.7. The summed E-state index contributed by atoms with van der Waals surface area (Å²) in [6, 6.07) is 17.1. The minimum absolute atomic E-state index is 0.605. The molecule has 0 fully saturated rings. The monoisotopic (exact) mass is 301 g/mol. The molecule has 1 nitrogen and oxygen atoms in total. The Bertz CT molecular complexity index is 483. The van der Waals surface area contributed by atoms with Gasteiger partial charge < -0.3 is 5.32 Å². The number of hydrogen-bond donors (Lipinski definition) is 1. The van der Waals surface area contributed by atoms with E-state index in [0.29, 0.717) is 5.92 Å². The molecular formula is C19H24ClN. The van der Waals surface area contributed by atoms with Gasteiger partial charge in [0.1, 0.15) is 0 Å². The van der Waals surface area contributed by atoms with E-state index in [2.05, 4.69) is 55.6 Å². The van der Waals surface area contributed by atoms with Crippen molar-refractivity contribution in [2.75, 3.05) is 13.1 Å². The number of rotatable bonds is 7. The Labute approximate surface area is 133 Å². The lowest BCUT2D eigenvalue weighted by atomic mass is 9.92. The zero-order chi connectivity index (χ0) is 15.1. The number of aryl methyl sites for hydroxylation is 1. The fourth-order valence-corrected chi connectivity index (χ4v) is 2.70. The maximum Gasteiger partial charge on any atom is 0.0406 e. The van der Waals surface area contributed by atoms with E-state index in [4.69, 9.17) is 11.6 Å². The first-order valence-corrected chi connectivity index (χ1v) is 8.06. The van der Waals surface area contributed by atoms with Crippen molar-refractivity contribution in [1.29, 1.82) is 0 Å². The van der Waals surface area contributed by atoms with Crippen LogP contribution in [0.2, 0.25) is 5.02 Å². The summed E-state index contributed by atoms with van der Waals surface area (Å²) in [5.74, 6) is 0.605. The molecule has 0 saturated carbocycles. The lowest BCUT2D eigenvalue weighted by Crippen LogP contribution is -2.25. The summed E-state index contributed by atoms with van der Waals surface area (Å²) in [4.78, 5) is 0. The van der Waals surface area contributed by atoms with Crippen LogP contribution in [-0.4, -0.2) is 13.1 Å². The van der Waals surface area contributed by atoms with Crippen LogP contribution < -0.4 is 5.32 Å². The van der Waals surface area contributed by atoms with Crippen molar-refractivity contribution in [1.82, 2.24) is 5.32 Å². The largest absolute Gasteiger partial charge is 0.317 e. The zero-order valence-electron chi connectivity index (χ0n) is 12.9. The molecule has 0 aliphatic rings. The maximum atomic E-state index is 5.96. The molecule has 2 rings (SSSR count). The summed E-state index contributed by atoms with van der Waals surface area (Å²) in [6.07, 6.45) is 2.19. The van der Waals surface area contributed by atoms with Crippen molar-refractivity contribution in [2.45, 2.75) is 26.7 Å². The highest BCUT2D eigenvalue weighted by molar-refractivity contribution is 6.30. The first kappa shape index (κ1) is 16.1. The van der Waals surface area contributed by atoms with Crippen LogP contribution in [0, 0.1) is 12.8 Å². The second-order valence-electron chi connectivity index (χ2n) is 5.69. The van der Waals surface area contributed by atoms with Gasteiger partial charge in [-0.3, -0.25) is 0 Å². The number of nitrogens with one attached hydrogen (secondary N) is 1. The molecule has 1 N–H and O–H groups in total. The number of halogens is 1. The third kappa shape index (κ3) is 5.53. The fraction of sp³-hybridized carbons (Fsp3) is 0.368. The number of hydrogen-bond acceptors (Lipinski definition) is 1. The smallest absolute Gasteiger partial charge is 0.0406 e. The van der Waals surface area contributed by atoms with Crippen molar-refractivity contribution >= 4 is 11.6 Å². The van der Waals surface area contributed by atoms with Crippen LogP contribution in [0.3, 0.4) is 0 Å². The van der Waals surface area contributed by atoms with E-state index in [-0.39, 0.29) is 0 Å². The van der Waals surface area contributed by atoms with E-state index < -0.39 is 0 Å². The van der Waals surface area contributed by atoms with Crippen LogP contribution in [0.4, 0.5) is 0 Å². The van der Waals surface area contributed by atoms with Crippen LogP contribution >= 0.6 is 11.6 Å². The molecule has 21 heavy (non-hydrogen) atoms. The molecule has 2 heteroatoms. The van der Waals surface area contributed by atoms with Gasteiger partial charge in [0.05, 0.1) is 0 Å². The third-order valence-corrected chi connectivity index (χ3v) is 4.02. The van der Waals surface area contributed by atoms with Crippen LogP contribution in [-0.2, 0) is 12.8 Å². The van der Waals surface area contributed by atoms with E-state index in [1.54, 1.807) is 0 Å². The first-order chi connectivity index (χ1) is 10.2. The Morgan fingerprint density at radius 3 is 1.95 bits per heavy atom. The van der Waals surface area contributed by atoms with Gasteiger partial charge in [0, 0.05) is 5.02 Å². The average Bonchev–Trinajstić information content (AvgIpc) is 2.49. The van der Waals surface area contributed by atoms with Gasteiger partial charge in [0.25, 0.3) is 0 Å². The van der Waals surface area contributed by atoms with Crippen LogP contribution in [0.25, 0.3) is 0 Å². The van der Waals surface area contributed by atoms with Crippen molar-refractivity contribution < 1.29 is 0 Å². The maximum absolute atomic E-state index is 5.96. The molecule has 0 radical (unpaired) electrons. The Morgan fingerprint density at radius 1 is 0.905 bits per heavy atom. The van der Waals surface area contributed by atoms with Crippen LogP contribution in [0.5, 0.6) is 0 Å². The molecule has 112 valence electrons. The second kappa shape index (κ2) is 8.21. The van der Waals surface area contributed by atoms with Crippen LogP contribution in [0.15, 0.2) is 48.5 Å². The van der Waals surface area contributed by atoms with Gasteiger partial charge in [-0.05, 0) is 62.0 Å². The van der Waals surface area contributed by atoms with Crippen molar-refractivity contribution in [3.63, 3.8) is 0 Å². The quantitative estimate of drug-likeness (QED) is 0.784. The number of benzene rings is 2. The van der Waals surface area contributed by atoms with E-state index in [1.165, 1.54) is 16.7 Å². The molecular weight excluding hydrogens is 278 g/mol. The normalized spacial score (nSPS) is 12.3. The molecule has 0 bridgehead atoms. The Morgan fingerprint density at radius 2 is 1.43 bits per heavy atom. The highest BCUT2D eigenvalue weighted by Crippen LogP contribution is 2.17. The fourth-order valence-electron chi connectivity index (χ4n) is 2.58. The SMILES string of the molecule is CCNCC(Cc1ccc(C)cc1)Cc1ccc(Cl)cc1. The Kier molecular flexibility index (Phi) is 6.28. The molecule has 0 aromatic heterocycles. The van der Waals surface area contributed by atoms with Gasteiger partial charge in [0.2, 0.25) is 0 Å².